The Bertz CT molecular complexity index is 329. The molecule has 0 aromatic rings. The van der Waals surface area contributed by atoms with E-state index in [1.807, 2.05) is 0 Å². The lowest BCUT2D eigenvalue weighted by atomic mass is 9.53. The number of carboxylic acid groups (broad SMARTS) is 1. The van der Waals surface area contributed by atoms with Crippen LogP contribution in [0.5, 0.6) is 0 Å². The second kappa shape index (κ2) is 3.87. The van der Waals surface area contributed by atoms with E-state index in [0.29, 0.717) is 19.0 Å². The van der Waals surface area contributed by atoms with Crippen molar-refractivity contribution in [3.05, 3.63) is 0 Å². The van der Waals surface area contributed by atoms with Crippen LogP contribution in [-0.4, -0.2) is 40.4 Å². The van der Waals surface area contributed by atoms with E-state index < -0.39 is 6.09 Å². The molecule has 98 valence electrons. The van der Waals surface area contributed by atoms with E-state index in [0.717, 1.165) is 19.3 Å². The molecular weight excluding hydrogens is 218 g/mol. The number of hydrogen-bond acceptors (Lipinski definition) is 2. The SMILES string of the molecule is CC12CCC(O)C(C)(C)C1CCN(C(=O)O)C2. The highest BCUT2D eigenvalue weighted by Crippen LogP contribution is 2.54. The van der Waals surface area contributed by atoms with Crippen LogP contribution in [0.1, 0.15) is 40.0 Å². The summed E-state index contributed by atoms with van der Waals surface area (Å²) in [6, 6.07) is 0. The fourth-order valence-corrected chi connectivity index (χ4v) is 4.02. The van der Waals surface area contributed by atoms with E-state index in [1.54, 1.807) is 0 Å². The molecule has 0 spiro atoms. The molecule has 4 nitrogen and oxygen atoms in total. The van der Waals surface area contributed by atoms with Crippen LogP contribution in [0.15, 0.2) is 0 Å². The van der Waals surface area contributed by atoms with Gasteiger partial charge >= 0.3 is 6.09 Å². The van der Waals surface area contributed by atoms with E-state index in [1.165, 1.54) is 4.90 Å². The molecular formula is C13H23NO3. The molecule has 1 saturated carbocycles. The van der Waals surface area contributed by atoms with Gasteiger partial charge in [-0.1, -0.05) is 20.8 Å². The Morgan fingerprint density at radius 2 is 1.94 bits per heavy atom. The van der Waals surface area contributed by atoms with Gasteiger partial charge in [-0.2, -0.15) is 0 Å². The van der Waals surface area contributed by atoms with Crippen LogP contribution < -0.4 is 0 Å². The first-order valence-corrected chi connectivity index (χ1v) is 6.43. The number of hydrogen-bond donors (Lipinski definition) is 2. The Balaban J connectivity index is 2.23. The number of carbonyl (C=O) groups is 1. The number of fused-ring (bicyclic) bond motifs is 1. The number of piperidine rings is 1. The second-order valence-corrected chi connectivity index (χ2v) is 6.58. The van der Waals surface area contributed by atoms with Gasteiger partial charge in [0.05, 0.1) is 6.10 Å². The van der Waals surface area contributed by atoms with E-state index in [2.05, 4.69) is 20.8 Å². The van der Waals surface area contributed by atoms with Crippen molar-refractivity contribution in [2.75, 3.05) is 13.1 Å². The van der Waals surface area contributed by atoms with Gasteiger partial charge in [-0.25, -0.2) is 4.79 Å². The van der Waals surface area contributed by atoms with Gasteiger partial charge in [0.1, 0.15) is 0 Å². The Morgan fingerprint density at radius 3 is 2.53 bits per heavy atom. The largest absolute Gasteiger partial charge is 0.465 e. The number of likely N-dealkylation sites (tertiary alicyclic amines) is 1. The van der Waals surface area contributed by atoms with Crippen LogP contribution in [0.2, 0.25) is 0 Å². The Hall–Kier alpha value is -0.770. The molecule has 1 saturated heterocycles. The van der Waals surface area contributed by atoms with Crippen LogP contribution >= 0.6 is 0 Å². The van der Waals surface area contributed by atoms with Crippen molar-refractivity contribution < 1.29 is 15.0 Å². The van der Waals surface area contributed by atoms with Crippen LogP contribution in [-0.2, 0) is 0 Å². The first-order valence-electron chi connectivity index (χ1n) is 6.43. The molecule has 3 unspecified atom stereocenters. The van der Waals surface area contributed by atoms with Crippen molar-refractivity contribution in [2.45, 2.75) is 46.1 Å². The maximum atomic E-state index is 11.1. The molecule has 1 amide bonds. The smallest absolute Gasteiger partial charge is 0.407 e. The maximum Gasteiger partial charge on any atom is 0.407 e. The van der Waals surface area contributed by atoms with Crippen molar-refractivity contribution in [1.82, 2.24) is 4.90 Å². The Morgan fingerprint density at radius 1 is 1.29 bits per heavy atom. The highest BCUT2D eigenvalue weighted by molar-refractivity contribution is 5.65. The summed E-state index contributed by atoms with van der Waals surface area (Å²) >= 11 is 0. The maximum absolute atomic E-state index is 11.1. The van der Waals surface area contributed by atoms with Crippen LogP contribution in [0.25, 0.3) is 0 Å². The fraction of sp³-hybridized carbons (Fsp3) is 0.923. The summed E-state index contributed by atoms with van der Waals surface area (Å²) in [7, 11) is 0. The molecule has 17 heavy (non-hydrogen) atoms. The van der Waals surface area contributed by atoms with Crippen molar-refractivity contribution >= 4 is 6.09 Å². The topological polar surface area (TPSA) is 60.8 Å². The summed E-state index contributed by atoms with van der Waals surface area (Å²) < 4.78 is 0. The lowest BCUT2D eigenvalue weighted by Crippen LogP contribution is -2.58. The van der Waals surface area contributed by atoms with Gasteiger partial charge in [-0.05, 0) is 36.0 Å². The summed E-state index contributed by atoms with van der Waals surface area (Å²) in [4.78, 5) is 12.6. The standard InChI is InChI=1S/C13H23NO3/c1-12(2)9-5-7-14(11(16)17)8-13(9,3)6-4-10(12)15/h9-10,15H,4-8H2,1-3H3,(H,16,17). The molecule has 2 N–H and O–H groups in total. The van der Waals surface area contributed by atoms with Crippen LogP contribution in [0.4, 0.5) is 4.79 Å². The van der Waals surface area contributed by atoms with Crippen molar-refractivity contribution in [3.63, 3.8) is 0 Å². The first-order chi connectivity index (χ1) is 7.77. The van der Waals surface area contributed by atoms with Crippen LogP contribution in [0, 0.1) is 16.7 Å². The molecule has 1 heterocycles. The minimum absolute atomic E-state index is 0.0272. The third-order valence-corrected chi connectivity index (χ3v) is 5.10. The highest BCUT2D eigenvalue weighted by atomic mass is 16.4. The van der Waals surface area contributed by atoms with Gasteiger partial charge in [0.2, 0.25) is 0 Å². The normalized spacial score (nSPS) is 40.8. The van der Waals surface area contributed by atoms with Gasteiger partial charge in [0.15, 0.2) is 0 Å². The van der Waals surface area contributed by atoms with E-state index in [4.69, 9.17) is 5.11 Å². The summed E-state index contributed by atoms with van der Waals surface area (Å²) in [6.45, 7) is 7.64. The van der Waals surface area contributed by atoms with Gasteiger partial charge in [-0.15, -0.1) is 0 Å². The quantitative estimate of drug-likeness (QED) is 0.683. The predicted octanol–water partition coefficient (Wildman–Crippen LogP) is 2.17. The predicted molar refractivity (Wildman–Crippen MR) is 64.8 cm³/mol. The average molecular weight is 241 g/mol. The number of nitrogens with zero attached hydrogens (tertiary/aromatic N) is 1. The fourth-order valence-electron chi connectivity index (χ4n) is 4.02. The summed E-state index contributed by atoms with van der Waals surface area (Å²) in [6.07, 6.45) is 1.51. The molecule has 2 rings (SSSR count). The van der Waals surface area contributed by atoms with Crippen molar-refractivity contribution in [1.29, 1.82) is 0 Å². The third-order valence-electron chi connectivity index (χ3n) is 5.10. The summed E-state index contributed by atoms with van der Waals surface area (Å²) in [5, 5.41) is 19.2. The van der Waals surface area contributed by atoms with Crippen molar-refractivity contribution in [2.24, 2.45) is 16.7 Å². The molecule has 2 fully saturated rings. The number of aliphatic hydroxyl groups excluding tert-OH is 1. The molecule has 4 heteroatoms. The second-order valence-electron chi connectivity index (χ2n) is 6.58. The third kappa shape index (κ3) is 1.92. The molecule has 0 aromatic heterocycles. The molecule has 2 aliphatic rings. The van der Waals surface area contributed by atoms with Gasteiger partial charge in [0.25, 0.3) is 0 Å². The molecule has 0 radical (unpaired) electrons. The van der Waals surface area contributed by atoms with E-state index in [-0.39, 0.29) is 16.9 Å². The zero-order chi connectivity index (χ0) is 12.8. The zero-order valence-corrected chi connectivity index (χ0v) is 10.9. The lowest BCUT2D eigenvalue weighted by Gasteiger charge is -2.57. The minimum atomic E-state index is -0.811. The monoisotopic (exact) mass is 241 g/mol. The van der Waals surface area contributed by atoms with Gasteiger partial charge in [-0.3, -0.25) is 0 Å². The van der Waals surface area contributed by atoms with Gasteiger partial charge in [0, 0.05) is 13.1 Å². The molecule has 1 aliphatic heterocycles. The van der Waals surface area contributed by atoms with Crippen molar-refractivity contribution in [3.8, 4) is 0 Å². The van der Waals surface area contributed by atoms with Gasteiger partial charge < -0.3 is 15.1 Å². The molecule has 1 aliphatic carbocycles. The minimum Gasteiger partial charge on any atom is -0.465 e. The first kappa shape index (κ1) is 12.7. The number of aliphatic hydroxyl groups is 1. The molecule has 0 aromatic carbocycles. The highest BCUT2D eigenvalue weighted by Gasteiger charge is 2.53. The van der Waals surface area contributed by atoms with Crippen LogP contribution in [0.3, 0.4) is 0 Å². The lowest BCUT2D eigenvalue weighted by molar-refractivity contribution is -0.122. The van der Waals surface area contributed by atoms with E-state index >= 15 is 0 Å². The molecule has 3 atom stereocenters. The summed E-state index contributed by atoms with van der Waals surface area (Å²) in [5.41, 5.74) is -0.0725. The molecule has 0 bridgehead atoms. The van der Waals surface area contributed by atoms with E-state index in [9.17, 15) is 9.90 Å². The zero-order valence-electron chi connectivity index (χ0n) is 10.9. The Labute approximate surface area is 103 Å². The summed E-state index contributed by atoms with van der Waals surface area (Å²) in [5.74, 6) is 0.411. The Kier molecular flexibility index (Phi) is 2.89. The number of amides is 1. The average Bonchev–Trinajstić information content (AvgIpc) is 2.23. The number of rotatable bonds is 0.